The molecular weight excluding hydrogens is 422 g/mol. The van der Waals surface area contributed by atoms with Crippen LogP contribution in [0.1, 0.15) is 22.3 Å². The van der Waals surface area contributed by atoms with Gasteiger partial charge in [0.2, 0.25) is 10.0 Å². The predicted octanol–water partition coefficient (Wildman–Crippen LogP) is 4.81. The van der Waals surface area contributed by atoms with E-state index in [0.29, 0.717) is 23.0 Å². The molecule has 5 nitrogen and oxygen atoms in total. The topological polar surface area (TPSA) is 78.6 Å². The van der Waals surface area contributed by atoms with Crippen molar-refractivity contribution in [2.75, 3.05) is 7.11 Å². The van der Waals surface area contributed by atoms with Gasteiger partial charge in [-0.25, -0.2) is 13.6 Å². The highest BCUT2D eigenvalue weighted by Crippen LogP contribution is 2.41. The molecule has 1 heterocycles. The number of rotatable bonds is 4. The fourth-order valence-electron chi connectivity index (χ4n) is 3.62. The maximum absolute atomic E-state index is 11.6. The second-order valence-electron chi connectivity index (χ2n) is 7.07. The summed E-state index contributed by atoms with van der Waals surface area (Å²) in [6.45, 7) is 1.94. The van der Waals surface area contributed by atoms with Crippen LogP contribution in [0.5, 0.6) is 11.5 Å². The van der Waals surface area contributed by atoms with Crippen LogP contribution in [-0.4, -0.2) is 15.5 Å². The minimum Gasteiger partial charge on any atom is -0.495 e. The van der Waals surface area contributed by atoms with Crippen LogP contribution in [0.25, 0.3) is 11.3 Å². The van der Waals surface area contributed by atoms with Gasteiger partial charge < -0.3 is 9.47 Å². The molecule has 2 N–H and O–H groups in total. The van der Waals surface area contributed by atoms with Gasteiger partial charge in [0.05, 0.1) is 17.0 Å². The van der Waals surface area contributed by atoms with Gasteiger partial charge in [0.25, 0.3) is 0 Å². The maximum Gasteiger partial charge on any atom is 0.238 e. The molecule has 0 fully saturated rings. The van der Waals surface area contributed by atoms with Crippen LogP contribution < -0.4 is 14.6 Å². The smallest absolute Gasteiger partial charge is 0.238 e. The van der Waals surface area contributed by atoms with Gasteiger partial charge in [-0.1, -0.05) is 29.8 Å². The zero-order valence-corrected chi connectivity index (χ0v) is 18.0. The molecule has 0 amide bonds. The summed E-state index contributed by atoms with van der Waals surface area (Å²) in [4.78, 5) is 0.0490. The Balaban J connectivity index is 1.89. The summed E-state index contributed by atoms with van der Waals surface area (Å²) in [5.41, 5.74) is 4.58. The first kappa shape index (κ1) is 20.5. The Kier molecular flexibility index (Phi) is 5.32. The van der Waals surface area contributed by atoms with Crippen LogP contribution in [0.2, 0.25) is 5.02 Å². The van der Waals surface area contributed by atoms with Gasteiger partial charge in [-0.3, -0.25) is 0 Å². The summed E-state index contributed by atoms with van der Waals surface area (Å²) in [5, 5.41) is 5.75. The van der Waals surface area contributed by atoms with E-state index in [0.717, 1.165) is 33.6 Å². The van der Waals surface area contributed by atoms with Crippen LogP contribution in [0, 0.1) is 6.92 Å². The molecule has 0 unspecified atom stereocenters. The molecule has 1 aliphatic heterocycles. The number of halogens is 1. The number of para-hydroxylation sites is 1. The Morgan fingerprint density at radius 3 is 2.37 bits per heavy atom. The highest BCUT2D eigenvalue weighted by Gasteiger charge is 2.24. The molecule has 0 atom stereocenters. The van der Waals surface area contributed by atoms with Gasteiger partial charge in [0, 0.05) is 17.6 Å². The molecule has 1 aliphatic rings. The highest BCUT2D eigenvalue weighted by atomic mass is 35.5. The van der Waals surface area contributed by atoms with Crippen LogP contribution >= 0.6 is 11.6 Å². The Morgan fingerprint density at radius 2 is 1.73 bits per heavy atom. The summed E-state index contributed by atoms with van der Waals surface area (Å²) >= 11 is 6.45. The van der Waals surface area contributed by atoms with E-state index in [1.54, 1.807) is 19.2 Å². The number of hydrogen-bond acceptors (Lipinski definition) is 4. The lowest BCUT2D eigenvalue weighted by atomic mass is 9.91. The van der Waals surface area contributed by atoms with E-state index in [-0.39, 0.29) is 4.90 Å². The van der Waals surface area contributed by atoms with E-state index in [9.17, 15) is 8.42 Å². The van der Waals surface area contributed by atoms with Gasteiger partial charge in [-0.2, -0.15) is 0 Å². The van der Waals surface area contributed by atoms with Gasteiger partial charge in [-0.05, 0) is 66.1 Å². The molecule has 7 heteroatoms. The molecule has 3 aromatic carbocycles. The first-order valence-corrected chi connectivity index (χ1v) is 11.2. The third-order valence-corrected chi connectivity index (χ3v) is 6.26. The largest absolute Gasteiger partial charge is 0.495 e. The summed E-state index contributed by atoms with van der Waals surface area (Å²) < 4.78 is 34.9. The summed E-state index contributed by atoms with van der Waals surface area (Å²) in [6, 6.07) is 18.0. The molecule has 3 aromatic rings. The number of methoxy groups -OCH3 is 1. The molecular formula is C23H20ClNO4S. The molecule has 30 heavy (non-hydrogen) atoms. The first-order chi connectivity index (χ1) is 14.3. The van der Waals surface area contributed by atoms with Crippen molar-refractivity contribution in [2.45, 2.75) is 18.2 Å². The van der Waals surface area contributed by atoms with Crippen LogP contribution in [0.15, 0.2) is 65.6 Å². The predicted molar refractivity (Wildman–Crippen MR) is 118 cm³/mol. The van der Waals surface area contributed by atoms with E-state index in [1.807, 2.05) is 43.3 Å². The summed E-state index contributed by atoms with van der Waals surface area (Å²) in [7, 11) is -2.18. The number of sulfonamides is 1. The molecule has 0 aromatic heterocycles. The molecule has 0 aliphatic carbocycles. The Hall–Kier alpha value is -2.80. The van der Waals surface area contributed by atoms with Crippen molar-refractivity contribution < 1.29 is 17.9 Å². The van der Waals surface area contributed by atoms with Gasteiger partial charge in [-0.15, -0.1) is 0 Å². The standard InChI is InChI=1S/C23H20ClNO4S/c1-14-11-17(13-20(24)22(14)28-2)19-12-16-5-3-4-6-21(16)29-23(19)15-7-9-18(10-8-15)30(25,26)27/h3-11,13H,12H2,1-2H3,(H2,25,26,27). The zero-order chi connectivity index (χ0) is 21.5. The SMILES string of the molecule is COc1c(C)cc(C2=C(c3ccc(S(N)(=O)=O)cc3)Oc3ccccc3C2)cc1Cl. The number of allylic oxidation sites excluding steroid dienone is 1. The van der Waals surface area contributed by atoms with Crippen molar-refractivity contribution in [2.24, 2.45) is 5.14 Å². The third kappa shape index (κ3) is 3.81. The van der Waals surface area contributed by atoms with Gasteiger partial charge >= 0.3 is 0 Å². The van der Waals surface area contributed by atoms with Crippen molar-refractivity contribution in [3.8, 4) is 11.5 Å². The van der Waals surface area contributed by atoms with Crippen molar-refractivity contribution in [3.05, 3.63) is 87.9 Å². The Bertz CT molecular complexity index is 1240. The second kappa shape index (κ2) is 7.80. The molecule has 0 radical (unpaired) electrons. The quantitative estimate of drug-likeness (QED) is 0.630. The summed E-state index contributed by atoms with van der Waals surface area (Å²) in [6.07, 6.45) is 0.643. The molecule has 4 rings (SSSR count). The van der Waals surface area contributed by atoms with Crippen LogP contribution in [0.3, 0.4) is 0 Å². The fourth-order valence-corrected chi connectivity index (χ4v) is 4.48. The lowest BCUT2D eigenvalue weighted by Crippen LogP contribution is -2.13. The monoisotopic (exact) mass is 441 g/mol. The average Bonchev–Trinajstić information content (AvgIpc) is 2.72. The van der Waals surface area contributed by atoms with Gasteiger partial charge in [0.15, 0.2) is 0 Å². The third-order valence-electron chi connectivity index (χ3n) is 5.05. The van der Waals surface area contributed by atoms with E-state index >= 15 is 0 Å². The molecule has 0 saturated carbocycles. The number of nitrogens with two attached hydrogens (primary N) is 1. The molecule has 0 bridgehead atoms. The number of hydrogen-bond donors (Lipinski definition) is 1. The first-order valence-electron chi connectivity index (χ1n) is 9.24. The summed E-state index contributed by atoms with van der Waals surface area (Å²) in [5.74, 6) is 2.05. The minimum atomic E-state index is -3.77. The maximum atomic E-state index is 11.6. The van der Waals surface area contributed by atoms with Gasteiger partial charge in [0.1, 0.15) is 17.3 Å². The van der Waals surface area contributed by atoms with Crippen molar-refractivity contribution >= 4 is 33.0 Å². The van der Waals surface area contributed by atoms with E-state index in [4.69, 9.17) is 26.2 Å². The molecule has 0 saturated heterocycles. The number of ether oxygens (including phenoxy) is 2. The normalized spacial score (nSPS) is 13.6. The zero-order valence-electron chi connectivity index (χ0n) is 16.5. The number of benzene rings is 3. The van der Waals surface area contributed by atoms with E-state index < -0.39 is 10.0 Å². The highest BCUT2D eigenvalue weighted by molar-refractivity contribution is 7.89. The number of fused-ring (bicyclic) bond motifs is 1. The lowest BCUT2D eigenvalue weighted by Gasteiger charge is -2.25. The van der Waals surface area contributed by atoms with Crippen molar-refractivity contribution in [3.63, 3.8) is 0 Å². The number of primary sulfonamides is 1. The van der Waals surface area contributed by atoms with Crippen molar-refractivity contribution in [1.82, 2.24) is 0 Å². The lowest BCUT2D eigenvalue weighted by molar-refractivity contribution is 0.412. The average molecular weight is 442 g/mol. The second-order valence-corrected chi connectivity index (χ2v) is 9.04. The Labute approximate surface area is 180 Å². The molecule has 154 valence electrons. The number of aryl methyl sites for hydroxylation is 1. The van der Waals surface area contributed by atoms with E-state index in [1.165, 1.54) is 12.1 Å². The van der Waals surface area contributed by atoms with Crippen LogP contribution in [0.4, 0.5) is 0 Å². The molecule has 0 spiro atoms. The van der Waals surface area contributed by atoms with E-state index in [2.05, 4.69) is 0 Å². The van der Waals surface area contributed by atoms with Crippen LogP contribution in [-0.2, 0) is 16.4 Å². The Morgan fingerprint density at radius 1 is 1.03 bits per heavy atom. The fraction of sp³-hybridized carbons (Fsp3) is 0.130. The van der Waals surface area contributed by atoms with Crippen molar-refractivity contribution in [1.29, 1.82) is 0 Å². The minimum absolute atomic E-state index is 0.0490.